The van der Waals surface area contributed by atoms with Gasteiger partial charge in [0.05, 0.1) is 18.5 Å². The van der Waals surface area contributed by atoms with Crippen molar-refractivity contribution in [2.45, 2.75) is 19.4 Å². The van der Waals surface area contributed by atoms with Gasteiger partial charge in [-0.1, -0.05) is 0 Å². The molecule has 0 saturated carbocycles. The number of phenols is 2. The van der Waals surface area contributed by atoms with Crippen molar-refractivity contribution in [3.63, 3.8) is 0 Å². The molecule has 0 bridgehead atoms. The number of nitrogens with zero attached hydrogens (tertiary/aromatic N) is 1. The Labute approximate surface area is 129 Å². The van der Waals surface area contributed by atoms with Crippen LogP contribution in [0.5, 0.6) is 11.5 Å². The van der Waals surface area contributed by atoms with Crippen LogP contribution in [-0.2, 0) is 29.0 Å². The molecule has 0 spiro atoms. The van der Waals surface area contributed by atoms with Gasteiger partial charge in [0.1, 0.15) is 16.5 Å². The predicted molar refractivity (Wildman–Crippen MR) is 78.8 cm³/mol. The molecule has 0 unspecified atom stereocenters. The van der Waals surface area contributed by atoms with E-state index in [1.165, 1.54) is 29.5 Å². The fourth-order valence-electron chi connectivity index (χ4n) is 1.76. The number of carboxylic acids is 1. The van der Waals surface area contributed by atoms with Crippen molar-refractivity contribution in [2.24, 2.45) is 0 Å². The topological polar surface area (TPSA) is 120 Å². The van der Waals surface area contributed by atoms with Gasteiger partial charge in [-0.2, -0.15) is 0 Å². The standard InChI is InChI=1S/C14H14N2O5S/c17-10-2-1-8(11(18)4-10)6-15-12(19)5-13-16-9(7-22-13)3-14(20)21/h1-2,4,7,17-18H,3,5-6H2,(H,15,19)(H,20,21). The first kappa shape index (κ1) is 15.8. The Hall–Kier alpha value is -2.61. The second-order valence-corrected chi connectivity index (χ2v) is 5.51. The molecule has 0 aliphatic carbocycles. The van der Waals surface area contributed by atoms with E-state index in [0.717, 1.165) is 0 Å². The van der Waals surface area contributed by atoms with Crippen LogP contribution in [0.15, 0.2) is 23.6 Å². The Morgan fingerprint density at radius 2 is 2.00 bits per heavy atom. The molecule has 7 nitrogen and oxygen atoms in total. The summed E-state index contributed by atoms with van der Waals surface area (Å²) in [7, 11) is 0. The summed E-state index contributed by atoms with van der Waals surface area (Å²) in [5.41, 5.74) is 0.910. The van der Waals surface area contributed by atoms with Gasteiger partial charge in [-0.05, 0) is 12.1 Å². The number of phenolic OH excluding ortho intramolecular Hbond substituents is 2. The van der Waals surface area contributed by atoms with Crippen LogP contribution in [0.25, 0.3) is 0 Å². The molecule has 116 valence electrons. The van der Waals surface area contributed by atoms with Crippen LogP contribution in [0.2, 0.25) is 0 Å². The van der Waals surface area contributed by atoms with Crippen LogP contribution in [0.1, 0.15) is 16.3 Å². The SMILES string of the molecule is O=C(O)Cc1csc(CC(=O)NCc2ccc(O)cc2O)n1. The van der Waals surface area contributed by atoms with Crippen LogP contribution in [-0.4, -0.2) is 32.2 Å². The summed E-state index contributed by atoms with van der Waals surface area (Å²) >= 11 is 1.23. The molecule has 0 aliphatic heterocycles. The largest absolute Gasteiger partial charge is 0.508 e. The zero-order valence-corrected chi connectivity index (χ0v) is 12.3. The number of amides is 1. The highest BCUT2D eigenvalue weighted by molar-refractivity contribution is 7.09. The van der Waals surface area contributed by atoms with Gasteiger partial charge in [-0.3, -0.25) is 9.59 Å². The lowest BCUT2D eigenvalue weighted by atomic mass is 10.2. The zero-order chi connectivity index (χ0) is 16.1. The van der Waals surface area contributed by atoms with Gasteiger partial charge >= 0.3 is 5.97 Å². The molecule has 22 heavy (non-hydrogen) atoms. The maximum Gasteiger partial charge on any atom is 0.309 e. The maximum absolute atomic E-state index is 11.8. The molecule has 0 fully saturated rings. The van der Waals surface area contributed by atoms with Crippen LogP contribution in [0.3, 0.4) is 0 Å². The third-order valence-electron chi connectivity index (χ3n) is 2.79. The number of rotatable bonds is 6. The summed E-state index contributed by atoms with van der Waals surface area (Å²) in [5, 5.41) is 32.2. The van der Waals surface area contributed by atoms with E-state index < -0.39 is 5.97 Å². The van der Waals surface area contributed by atoms with E-state index in [1.54, 1.807) is 5.38 Å². The van der Waals surface area contributed by atoms with Gasteiger partial charge in [0, 0.05) is 23.6 Å². The van der Waals surface area contributed by atoms with Crippen LogP contribution < -0.4 is 5.32 Å². The number of benzene rings is 1. The molecule has 0 saturated heterocycles. The average molecular weight is 322 g/mol. The molecule has 1 amide bonds. The fraction of sp³-hybridized carbons (Fsp3) is 0.214. The van der Waals surface area contributed by atoms with Crippen molar-refractivity contribution >= 4 is 23.2 Å². The Kier molecular flexibility index (Phi) is 4.95. The average Bonchev–Trinajstić information content (AvgIpc) is 2.84. The number of carbonyl (C=O) groups is 2. The Morgan fingerprint density at radius 1 is 1.23 bits per heavy atom. The Bertz CT molecular complexity index is 698. The minimum absolute atomic E-state index is 0.0448. The molecule has 0 atom stereocenters. The number of aliphatic carboxylic acids is 1. The van der Waals surface area contributed by atoms with Crippen molar-refractivity contribution in [3.05, 3.63) is 39.8 Å². The summed E-state index contributed by atoms with van der Waals surface area (Å²) in [6.07, 6.45) is -0.122. The fourth-order valence-corrected chi connectivity index (χ4v) is 2.55. The molecular weight excluding hydrogens is 308 g/mol. The second kappa shape index (κ2) is 6.90. The Balaban J connectivity index is 1.87. The number of aromatic hydroxyl groups is 2. The molecule has 8 heteroatoms. The monoisotopic (exact) mass is 322 g/mol. The molecule has 2 aromatic rings. The highest BCUT2D eigenvalue weighted by Gasteiger charge is 2.11. The van der Waals surface area contributed by atoms with Crippen LogP contribution in [0.4, 0.5) is 0 Å². The van der Waals surface area contributed by atoms with Crippen molar-refractivity contribution in [2.75, 3.05) is 0 Å². The normalized spacial score (nSPS) is 10.4. The van der Waals surface area contributed by atoms with E-state index in [9.17, 15) is 19.8 Å². The smallest absolute Gasteiger partial charge is 0.309 e. The molecule has 2 rings (SSSR count). The van der Waals surface area contributed by atoms with Gasteiger partial charge in [-0.15, -0.1) is 11.3 Å². The molecular formula is C14H14N2O5S. The molecule has 1 heterocycles. The lowest BCUT2D eigenvalue weighted by Crippen LogP contribution is -2.24. The number of hydrogen-bond acceptors (Lipinski definition) is 6. The van der Waals surface area contributed by atoms with Crippen molar-refractivity contribution < 1.29 is 24.9 Å². The van der Waals surface area contributed by atoms with Crippen molar-refractivity contribution in [3.8, 4) is 11.5 Å². The summed E-state index contributed by atoms with van der Waals surface area (Å²) in [6, 6.07) is 4.13. The number of carbonyl (C=O) groups excluding carboxylic acids is 1. The highest BCUT2D eigenvalue weighted by Crippen LogP contribution is 2.22. The van der Waals surface area contributed by atoms with Crippen LogP contribution in [0, 0.1) is 0 Å². The second-order valence-electron chi connectivity index (χ2n) is 4.57. The van der Waals surface area contributed by atoms with E-state index in [2.05, 4.69) is 10.3 Å². The molecule has 0 radical (unpaired) electrons. The molecule has 0 aliphatic rings. The Morgan fingerprint density at radius 3 is 2.68 bits per heavy atom. The number of carboxylic acid groups (broad SMARTS) is 1. The lowest BCUT2D eigenvalue weighted by molar-refractivity contribution is -0.136. The first-order chi connectivity index (χ1) is 10.4. The van der Waals surface area contributed by atoms with Gasteiger partial charge in [0.25, 0.3) is 0 Å². The van der Waals surface area contributed by atoms with Gasteiger partial charge in [0.15, 0.2) is 0 Å². The van der Waals surface area contributed by atoms with Gasteiger partial charge < -0.3 is 20.6 Å². The third-order valence-corrected chi connectivity index (χ3v) is 3.69. The maximum atomic E-state index is 11.8. The van der Waals surface area contributed by atoms with E-state index in [1.807, 2.05) is 0 Å². The first-order valence-corrected chi connectivity index (χ1v) is 7.24. The summed E-state index contributed by atoms with van der Waals surface area (Å²) in [6.45, 7) is 0.123. The quantitative estimate of drug-likeness (QED) is 0.631. The molecule has 4 N–H and O–H groups in total. The minimum atomic E-state index is -0.968. The number of hydrogen-bond donors (Lipinski definition) is 4. The van der Waals surface area contributed by atoms with E-state index >= 15 is 0 Å². The van der Waals surface area contributed by atoms with E-state index in [4.69, 9.17) is 5.11 Å². The van der Waals surface area contributed by atoms with Crippen molar-refractivity contribution in [1.29, 1.82) is 0 Å². The summed E-state index contributed by atoms with van der Waals surface area (Å²) in [4.78, 5) is 26.4. The summed E-state index contributed by atoms with van der Waals surface area (Å²) < 4.78 is 0. The molecule has 1 aromatic carbocycles. The zero-order valence-electron chi connectivity index (χ0n) is 11.4. The number of thiazole rings is 1. The van der Waals surface area contributed by atoms with Gasteiger partial charge in [0.2, 0.25) is 5.91 Å². The molecule has 1 aromatic heterocycles. The van der Waals surface area contributed by atoms with E-state index in [0.29, 0.717) is 16.3 Å². The lowest BCUT2D eigenvalue weighted by Gasteiger charge is -2.06. The number of aromatic nitrogens is 1. The predicted octanol–water partition coefficient (Wildman–Crippen LogP) is 1.04. The highest BCUT2D eigenvalue weighted by atomic mass is 32.1. The van der Waals surface area contributed by atoms with Crippen LogP contribution >= 0.6 is 11.3 Å². The van der Waals surface area contributed by atoms with Gasteiger partial charge in [-0.25, -0.2) is 4.98 Å². The third kappa shape index (κ3) is 4.45. The minimum Gasteiger partial charge on any atom is -0.508 e. The first-order valence-electron chi connectivity index (χ1n) is 6.36. The number of nitrogens with one attached hydrogen (secondary N) is 1. The van der Waals surface area contributed by atoms with Crippen molar-refractivity contribution in [1.82, 2.24) is 10.3 Å². The van der Waals surface area contributed by atoms with E-state index in [-0.39, 0.29) is 36.8 Å². The summed E-state index contributed by atoms with van der Waals surface area (Å²) in [5.74, 6) is -1.41.